The van der Waals surface area contributed by atoms with Crippen molar-refractivity contribution < 1.29 is 22.4 Å². The number of nitrogens with zero attached hydrogens (tertiary/aromatic N) is 3. The highest BCUT2D eigenvalue weighted by molar-refractivity contribution is 7.98. The SMILES string of the molecule is FC(F)(F)Oc1ccc(-c2noc(CSc3ncc[nH]3)n2)cc1. The van der Waals surface area contributed by atoms with Crippen molar-refractivity contribution in [3.8, 4) is 17.1 Å². The van der Waals surface area contributed by atoms with E-state index in [-0.39, 0.29) is 5.75 Å². The molecule has 1 N–H and O–H groups in total. The molecule has 0 amide bonds. The number of hydrogen-bond donors (Lipinski definition) is 1. The third-order valence-electron chi connectivity index (χ3n) is 2.62. The van der Waals surface area contributed by atoms with E-state index in [2.05, 4.69) is 24.8 Å². The molecule has 23 heavy (non-hydrogen) atoms. The number of imidazole rings is 1. The monoisotopic (exact) mass is 342 g/mol. The Morgan fingerprint density at radius 1 is 1.22 bits per heavy atom. The maximum absolute atomic E-state index is 12.1. The first-order chi connectivity index (χ1) is 11.0. The Kier molecular flexibility index (Phi) is 4.24. The molecule has 120 valence electrons. The number of benzene rings is 1. The van der Waals surface area contributed by atoms with Gasteiger partial charge in [-0.1, -0.05) is 16.9 Å². The Balaban J connectivity index is 1.65. The van der Waals surface area contributed by atoms with Gasteiger partial charge in [-0.2, -0.15) is 4.98 Å². The quantitative estimate of drug-likeness (QED) is 0.713. The Morgan fingerprint density at radius 3 is 2.65 bits per heavy atom. The number of nitrogens with one attached hydrogen (secondary N) is 1. The van der Waals surface area contributed by atoms with Gasteiger partial charge in [0.15, 0.2) is 5.16 Å². The number of ether oxygens (including phenoxy) is 1. The summed E-state index contributed by atoms with van der Waals surface area (Å²) in [7, 11) is 0. The lowest BCUT2D eigenvalue weighted by Crippen LogP contribution is -2.16. The molecule has 3 rings (SSSR count). The number of H-pyrrole nitrogens is 1. The van der Waals surface area contributed by atoms with Gasteiger partial charge in [-0.25, -0.2) is 4.98 Å². The van der Waals surface area contributed by atoms with Crippen LogP contribution in [0, 0.1) is 0 Å². The zero-order chi connectivity index (χ0) is 16.3. The second-order valence-corrected chi connectivity index (χ2v) is 5.23. The third kappa shape index (κ3) is 4.25. The summed E-state index contributed by atoms with van der Waals surface area (Å²) < 4.78 is 45.2. The summed E-state index contributed by atoms with van der Waals surface area (Å²) in [4.78, 5) is 11.2. The van der Waals surface area contributed by atoms with Crippen molar-refractivity contribution in [3.63, 3.8) is 0 Å². The predicted molar refractivity (Wildman–Crippen MR) is 74.6 cm³/mol. The summed E-state index contributed by atoms with van der Waals surface area (Å²) in [5.41, 5.74) is 0.525. The van der Waals surface area contributed by atoms with Crippen molar-refractivity contribution in [2.24, 2.45) is 0 Å². The maximum atomic E-state index is 12.1. The summed E-state index contributed by atoms with van der Waals surface area (Å²) in [6, 6.07) is 5.23. The molecule has 1 aromatic carbocycles. The van der Waals surface area contributed by atoms with Crippen molar-refractivity contribution in [1.29, 1.82) is 0 Å². The number of thioether (sulfide) groups is 1. The van der Waals surface area contributed by atoms with Crippen LogP contribution in [0.15, 0.2) is 46.3 Å². The first kappa shape index (κ1) is 15.4. The lowest BCUT2D eigenvalue weighted by atomic mass is 10.2. The van der Waals surface area contributed by atoms with Crippen molar-refractivity contribution >= 4 is 11.8 Å². The van der Waals surface area contributed by atoms with Crippen molar-refractivity contribution in [1.82, 2.24) is 20.1 Å². The van der Waals surface area contributed by atoms with E-state index in [4.69, 9.17) is 4.52 Å². The molecule has 10 heteroatoms. The van der Waals surface area contributed by atoms with Gasteiger partial charge in [0.2, 0.25) is 11.7 Å². The second kappa shape index (κ2) is 6.32. The summed E-state index contributed by atoms with van der Waals surface area (Å²) in [5, 5.41) is 4.52. The Morgan fingerprint density at radius 2 is 2.00 bits per heavy atom. The van der Waals surface area contributed by atoms with E-state index in [1.165, 1.54) is 36.0 Å². The summed E-state index contributed by atoms with van der Waals surface area (Å²) in [6.07, 6.45) is -1.39. The molecule has 2 aromatic heterocycles. The molecule has 0 bridgehead atoms. The summed E-state index contributed by atoms with van der Waals surface area (Å²) >= 11 is 1.39. The first-order valence-electron chi connectivity index (χ1n) is 6.30. The van der Waals surface area contributed by atoms with Crippen LogP contribution in [-0.2, 0) is 5.75 Å². The molecular weight excluding hydrogens is 333 g/mol. The molecule has 2 heterocycles. The van der Waals surface area contributed by atoms with Gasteiger partial charge in [0.25, 0.3) is 0 Å². The molecule has 0 spiro atoms. The highest BCUT2D eigenvalue weighted by Gasteiger charge is 2.31. The molecule has 0 aliphatic carbocycles. The fraction of sp³-hybridized carbons (Fsp3) is 0.154. The molecule has 0 radical (unpaired) electrons. The lowest BCUT2D eigenvalue weighted by molar-refractivity contribution is -0.274. The minimum Gasteiger partial charge on any atom is -0.406 e. The smallest absolute Gasteiger partial charge is 0.406 e. The minimum atomic E-state index is -4.72. The normalized spacial score (nSPS) is 11.6. The fourth-order valence-corrected chi connectivity index (χ4v) is 2.36. The number of aromatic amines is 1. The molecule has 0 saturated heterocycles. The van der Waals surface area contributed by atoms with Gasteiger partial charge in [0, 0.05) is 18.0 Å². The molecule has 0 aliphatic heterocycles. The number of aromatic nitrogens is 4. The van der Waals surface area contributed by atoms with Crippen LogP contribution < -0.4 is 4.74 Å². The van der Waals surface area contributed by atoms with Gasteiger partial charge in [0.05, 0.1) is 5.75 Å². The molecule has 0 saturated carbocycles. The van der Waals surface area contributed by atoms with Gasteiger partial charge in [-0.05, 0) is 24.3 Å². The highest BCUT2D eigenvalue weighted by atomic mass is 32.2. The second-order valence-electron chi connectivity index (χ2n) is 4.27. The van der Waals surface area contributed by atoms with E-state index >= 15 is 0 Å². The van der Waals surface area contributed by atoms with E-state index < -0.39 is 6.36 Å². The largest absolute Gasteiger partial charge is 0.573 e. The Hall–Kier alpha value is -2.49. The van der Waals surface area contributed by atoms with Crippen LogP contribution in [0.5, 0.6) is 5.75 Å². The van der Waals surface area contributed by atoms with E-state index in [1.54, 1.807) is 12.4 Å². The predicted octanol–water partition coefficient (Wildman–Crippen LogP) is 3.65. The van der Waals surface area contributed by atoms with E-state index in [0.29, 0.717) is 23.0 Å². The molecular formula is C13H9F3N4O2S. The minimum absolute atomic E-state index is 0.290. The summed E-state index contributed by atoms with van der Waals surface area (Å²) in [6.45, 7) is 0. The topological polar surface area (TPSA) is 76.8 Å². The van der Waals surface area contributed by atoms with Crippen LogP contribution in [0.1, 0.15) is 5.89 Å². The number of hydrogen-bond acceptors (Lipinski definition) is 6. The van der Waals surface area contributed by atoms with E-state index in [9.17, 15) is 13.2 Å². The zero-order valence-electron chi connectivity index (χ0n) is 11.4. The van der Waals surface area contributed by atoms with Gasteiger partial charge < -0.3 is 14.2 Å². The molecule has 0 atom stereocenters. The Bertz CT molecular complexity index is 756. The van der Waals surface area contributed by atoms with Gasteiger partial charge in [0.1, 0.15) is 5.75 Å². The number of alkyl halides is 3. The Labute approximate surface area is 132 Å². The van der Waals surface area contributed by atoms with Crippen LogP contribution in [0.3, 0.4) is 0 Å². The molecule has 0 unspecified atom stereocenters. The van der Waals surface area contributed by atoms with Gasteiger partial charge in [-0.3, -0.25) is 0 Å². The first-order valence-corrected chi connectivity index (χ1v) is 7.29. The van der Waals surface area contributed by atoms with Crippen LogP contribution in [0.4, 0.5) is 13.2 Å². The standard InChI is InChI=1S/C13H9F3N4O2S/c14-13(15,16)21-9-3-1-8(2-4-9)11-19-10(22-20-11)7-23-12-17-5-6-18-12/h1-6H,7H2,(H,17,18). The summed E-state index contributed by atoms with van der Waals surface area (Å²) in [5.74, 6) is 0.796. The van der Waals surface area contributed by atoms with Gasteiger partial charge >= 0.3 is 6.36 Å². The van der Waals surface area contributed by atoms with Crippen LogP contribution >= 0.6 is 11.8 Å². The lowest BCUT2D eigenvalue weighted by Gasteiger charge is -2.08. The zero-order valence-corrected chi connectivity index (χ0v) is 12.2. The maximum Gasteiger partial charge on any atom is 0.573 e. The number of rotatable bonds is 5. The van der Waals surface area contributed by atoms with E-state index in [0.717, 1.165) is 5.16 Å². The van der Waals surface area contributed by atoms with Gasteiger partial charge in [-0.15, -0.1) is 13.2 Å². The molecule has 0 aliphatic rings. The number of halogens is 3. The van der Waals surface area contributed by atoms with Crippen LogP contribution in [0.25, 0.3) is 11.4 Å². The fourth-order valence-electron chi connectivity index (χ4n) is 1.70. The van der Waals surface area contributed by atoms with E-state index in [1.807, 2.05) is 0 Å². The van der Waals surface area contributed by atoms with Crippen molar-refractivity contribution in [3.05, 3.63) is 42.5 Å². The van der Waals surface area contributed by atoms with Crippen molar-refractivity contribution in [2.45, 2.75) is 17.3 Å². The van der Waals surface area contributed by atoms with Crippen molar-refractivity contribution in [2.75, 3.05) is 0 Å². The highest BCUT2D eigenvalue weighted by Crippen LogP contribution is 2.26. The van der Waals surface area contributed by atoms with Crippen LogP contribution in [0.2, 0.25) is 0 Å². The van der Waals surface area contributed by atoms with Crippen LogP contribution in [-0.4, -0.2) is 26.5 Å². The molecule has 3 aromatic rings. The average Bonchev–Trinajstić information content (AvgIpc) is 3.16. The third-order valence-corrected chi connectivity index (χ3v) is 3.51. The molecule has 0 fully saturated rings. The molecule has 6 nitrogen and oxygen atoms in total. The average molecular weight is 342 g/mol.